The van der Waals surface area contributed by atoms with Crippen LogP contribution in [-0.4, -0.2) is 10.7 Å². The molecule has 0 spiro atoms. The van der Waals surface area contributed by atoms with Gasteiger partial charge in [0.15, 0.2) is 0 Å². The van der Waals surface area contributed by atoms with Gasteiger partial charge in [0.25, 0.3) is 0 Å². The van der Waals surface area contributed by atoms with Crippen molar-refractivity contribution in [2.75, 3.05) is 5.32 Å². The summed E-state index contributed by atoms with van der Waals surface area (Å²) in [5.74, 6) is 0. The van der Waals surface area contributed by atoms with Crippen molar-refractivity contribution < 1.29 is 0 Å². The molecule has 0 saturated heterocycles. The summed E-state index contributed by atoms with van der Waals surface area (Å²) >= 11 is 0. The van der Waals surface area contributed by atoms with Crippen molar-refractivity contribution in [3.8, 4) is 0 Å². The molecule has 3 heteroatoms. The quantitative estimate of drug-likeness (QED) is 0.740. The van der Waals surface area contributed by atoms with Gasteiger partial charge in [-0.15, -0.1) is 0 Å². The Morgan fingerprint density at radius 2 is 1.70 bits per heavy atom. The van der Waals surface area contributed by atoms with Crippen molar-refractivity contribution in [3.63, 3.8) is 0 Å². The zero-order valence-electron chi connectivity index (χ0n) is 12.7. The second-order valence-corrected chi connectivity index (χ2v) is 5.63. The zero-order chi connectivity index (χ0) is 15.5. The van der Waals surface area contributed by atoms with Crippen molar-refractivity contribution >= 4 is 17.1 Å². The highest BCUT2D eigenvalue weighted by Crippen LogP contribution is 2.35. The summed E-state index contributed by atoms with van der Waals surface area (Å²) in [5.41, 5.74) is 5.45. The number of nitrogens with one attached hydrogen (secondary N) is 1. The zero-order valence-corrected chi connectivity index (χ0v) is 12.7. The number of nitrogens with zero attached hydrogens (tertiary/aromatic N) is 2. The lowest BCUT2D eigenvalue weighted by Crippen LogP contribution is -2.14. The average Bonchev–Trinajstić information content (AvgIpc) is 2.83. The summed E-state index contributed by atoms with van der Waals surface area (Å²) < 4.78 is 0. The van der Waals surface area contributed by atoms with E-state index in [4.69, 9.17) is 4.99 Å². The molecule has 112 valence electrons. The van der Waals surface area contributed by atoms with E-state index in [1.54, 1.807) is 6.20 Å². The van der Waals surface area contributed by atoms with Crippen molar-refractivity contribution in [2.45, 2.75) is 12.5 Å². The predicted molar refractivity (Wildman–Crippen MR) is 94.3 cm³/mol. The van der Waals surface area contributed by atoms with Gasteiger partial charge < -0.3 is 5.32 Å². The van der Waals surface area contributed by atoms with Crippen LogP contribution < -0.4 is 5.32 Å². The molecular formula is C20H17N3. The van der Waals surface area contributed by atoms with Crippen LogP contribution in [0.25, 0.3) is 0 Å². The number of benzene rings is 2. The highest BCUT2D eigenvalue weighted by molar-refractivity contribution is 6.03. The minimum absolute atomic E-state index is 0.193. The van der Waals surface area contributed by atoms with E-state index in [1.807, 2.05) is 36.5 Å². The van der Waals surface area contributed by atoms with Crippen LogP contribution in [0.3, 0.4) is 0 Å². The van der Waals surface area contributed by atoms with E-state index in [1.165, 1.54) is 5.56 Å². The number of para-hydroxylation sites is 2. The fourth-order valence-electron chi connectivity index (χ4n) is 2.92. The van der Waals surface area contributed by atoms with Crippen LogP contribution in [0, 0.1) is 0 Å². The van der Waals surface area contributed by atoms with Gasteiger partial charge in [-0.1, -0.05) is 48.5 Å². The first-order chi connectivity index (χ1) is 11.4. The third kappa shape index (κ3) is 2.86. The minimum Gasteiger partial charge on any atom is -0.376 e. The molecule has 0 radical (unpaired) electrons. The van der Waals surface area contributed by atoms with Gasteiger partial charge in [0.2, 0.25) is 0 Å². The molecule has 2 aromatic carbocycles. The van der Waals surface area contributed by atoms with Crippen molar-refractivity contribution in [1.82, 2.24) is 4.98 Å². The van der Waals surface area contributed by atoms with Crippen LogP contribution in [0.15, 0.2) is 84.1 Å². The number of aromatic nitrogens is 1. The van der Waals surface area contributed by atoms with E-state index in [9.17, 15) is 0 Å². The maximum Gasteiger partial charge on any atom is 0.0864 e. The molecule has 1 aliphatic heterocycles. The summed E-state index contributed by atoms with van der Waals surface area (Å²) in [6, 6.07) is 22.9. The molecule has 3 nitrogen and oxygen atoms in total. The average molecular weight is 299 g/mol. The molecule has 0 aliphatic carbocycles. The molecule has 0 saturated carbocycles. The molecule has 1 aromatic heterocycles. The van der Waals surface area contributed by atoms with Crippen LogP contribution in [0.2, 0.25) is 0 Å². The third-order valence-corrected chi connectivity index (χ3v) is 4.08. The van der Waals surface area contributed by atoms with Crippen LogP contribution in [0.5, 0.6) is 0 Å². The van der Waals surface area contributed by atoms with Gasteiger partial charge in [0.05, 0.1) is 23.1 Å². The summed E-state index contributed by atoms with van der Waals surface area (Å²) in [6.45, 7) is 0. The highest BCUT2D eigenvalue weighted by atomic mass is 15.0. The molecule has 3 aromatic rings. The molecule has 1 atom stereocenters. The summed E-state index contributed by atoms with van der Waals surface area (Å²) in [6.07, 6.45) is 4.50. The summed E-state index contributed by atoms with van der Waals surface area (Å²) in [4.78, 5) is 9.14. The first-order valence-electron chi connectivity index (χ1n) is 7.78. The molecular weight excluding hydrogens is 282 g/mol. The normalized spacial score (nSPS) is 16.7. The Bertz CT molecular complexity index is 826. The van der Waals surface area contributed by atoms with Gasteiger partial charge in [-0.25, -0.2) is 0 Å². The van der Waals surface area contributed by atoms with Crippen molar-refractivity contribution in [1.29, 1.82) is 0 Å². The summed E-state index contributed by atoms with van der Waals surface area (Å²) in [5, 5.41) is 3.64. The van der Waals surface area contributed by atoms with Gasteiger partial charge in [0.1, 0.15) is 0 Å². The third-order valence-electron chi connectivity index (χ3n) is 4.08. The standard InChI is InChI=1S/C20H17N3/c1-2-7-15(8-3-1)19-13-20(16-9-6-12-21-14-16)23-18-11-5-4-10-17(18)22-19/h1-12,14,19,22H,13H2. The Kier molecular flexibility index (Phi) is 3.60. The molecule has 1 aliphatic rings. The first-order valence-corrected chi connectivity index (χ1v) is 7.78. The van der Waals surface area contributed by atoms with E-state index in [0.717, 1.165) is 29.1 Å². The Balaban J connectivity index is 1.81. The number of pyridine rings is 1. The van der Waals surface area contributed by atoms with Crippen LogP contribution in [0.4, 0.5) is 11.4 Å². The lowest BCUT2D eigenvalue weighted by molar-refractivity contribution is 0.828. The fraction of sp³-hybridized carbons (Fsp3) is 0.100. The lowest BCUT2D eigenvalue weighted by Gasteiger charge is -2.19. The lowest BCUT2D eigenvalue weighted by atomic mass is 9.98. The van der Waals surface area contributed by atoms with Gasteiger partial charge in [0, 0.05) is 24.4 Å². The topological polar surface area (TPSA) is 37.3 Å². The molecule has 4 rings (SSSR count). The van der Waals surface area contributed by atoms with Crippen molar-refractivity contribution in [2.24, 2.45) is 4.99 Å². The molecule has 0 fully saturated rings. The smallest absolute Gasteiger partial charge is 0.0864 e. The van der Waals surface area contributed by atoms with Gasteiger partial charge in [-0.3, -0.25) is 9.98 Å². The SMILES string of the molecule is c1ccc(C2CC(c3cccnc3)=Nc3ccccc3N2)cc1. The monoisotopic (exact) mass is 299 g/mol. The Hall–Kier alpha value is -2.94. The van der Waals surface area contributed by atoms with Crippen LogP contribution in [0.1, 0.15) is 23.6 Å². The number of hydrogen-bond acceptors (Lipinski definition) is 3. The number of aliphatic imine (C=N–C) groups is 1. The largest absolute Gasteiger partial charge is 0.376 e. The number of hydrogen-bond donors (Lipinski definition) is 1. The Labute approximate surface area is 135 Å². The van der Waals surface area contributed by atoms with Crippen LogP contribution in [-0.2, 0) is 0 Å². The fourth-order valence-corrected chi connectivity index (χ4v) is 2.92. The summed E-state index contributed by atoms with van der Waals surface area (Å²) in [7, 11) is 0. The molecule has 1 N–H and O–H groups in total. The van der Waals surface area contributed by atoms with E-state index in [0.29, 0.717) is 0 Å². The predicted octanol–water partition coefficient (Wildman–Crippen LogP) is 4.76. The first kappa shape index (κ1) is 13.7. The number of anilines is 1. The molecule has 2 heterocycles. The van der Waals surface area contributed by atoms with Gasteiger partial charge >= 0.3 is 0 Å². The Morgan fingerprint density at radius 1 is 0.870 bits per heavy atom. The molecule has 23 heavy (non-hydrogen) atoms. The van der Waals surface area contributed by atoms with Crippen LogP contribution >= 0.6 is 0 Å². The highest BCUT2D eigenvalue weighted by Gasteiger charge is 2.20. The second kappa shape index (κ2) is 6.05. The van der Waals surface area contributed by atoms with E-state index >= 15 is 0 Å². The second-order valence-electron chi connectivity index (χ2n) is 5.63. The maximum atomic E-state index is 4.90. The van der Waals surface area contributed by atoms with Gasteiger partial charge in [-0.05, 0) is 23.8 Å². The van der Waals surface area contributed by atoms with E-state index in [2.05, 4.69) is 46.7 Å². The van der Waals surface area contributed by atoms with E-state index < -0.39 is 0 Å². The number of rotatable bonds is 2. The van der Waals surface area contributed by atoms with Crippen molar-refractivity contribution in [3.05, 3.63) is 90.3 Å². The molecule has 0 amide bonds. The minimum atomic E-state index is 0.193. The van der Waals surface area contributed by atoms with E-state index in [-0.39, 0.29) is 6.04 Å². The molecule has 1 unspecified atom stereocenters. The molecule has 0 bridgehead atoms. The maximum absolute atomic E-state index is 4.90. The number of fused-ring (bicyclic) bond motifs is 1. The Morgan fingerprint density at radius 3 is 2.52 bits per heavy atom. The van der Waals surface area contributed by atoms with Gasteiger partial charge in [-0.2, -0.15) is 0 Å².